The minimum atomic E-state index is 0.233. The van der Waals surface area contributed by atoms with E-state index in [2.05, 4.69) is 34.7 Å². The van der Waals surface area contributed by atoms with Crippen LogP contribution in [0, 0.1) is 5.92 Å². The van der Waals surface area contributed by atoms with Crippen LogP contribution in [0.1, 0.15) is 43.5 Å². The summed E-state index contributed by atoms with van der Waals surface area (Å²) >= 11 is 3.42. The third kappa shape index (κ3) is 4.73. The van der Waals surface area contributed by atoms with E-state index in [-0.39, 0.29) is 5.78 Å². The van der Waals surface area contributed by atoms with Crippen LogP contribution in [-0.2, 0) is 0 Å². The third-order valence-electron chi connectivity index (χ3n) is 3.55. The SMILES string of the molecule is CC(C)CCN(CC(=O)c1cccc(Br)c1)C1CC1. The maximum absolute atomic E-state index is 12.3. The summed E-state index contributed by atoms with van der Waals surface area (Å²) < 4.78 is 0.971. The van der Waals surface area contributed by atoms with Crippen molar-refractivity contribution in [2.45, 2.75) is 39.2 Å². The molecule has 2 nitrogen and oxygen atoms in total. The Morgan fingerprint density at radius 1 is 1.42 bits per heavy atom. The van der Waals surface area contributed by atoms with Gasteiger partial charge < -0.3 is 0 Å². The number of benzene rings is 1. The van der Waals surface area contributed by atoms with Crippen molar-refractivity contribution in [3.05, 3.63) is 34.3 Å². The second-order valence-corrected chi connectivity index (χ2v) is 6.73. The molecule has 0 saturated heterocycles. The van der Waals surface area contributed by atoms with Gasteiger partial charge in [-0.3, -0.25) is 9.69 Å². The lowest BCUT2D eigenvalue weighted by Crippen LogP contribution is -2.33. The van der Waals surface area contributed by atoms with Crippen molar-refractivity contribution in [2.24, 2.45) is 5.92 Å². The van der Waals surface area contributed by atoms with Crippen molar-refractivity contribution in [3.63, 3.8) is 0 Å². The monoisotopic (exact) mass is 323 g/mol. The Bertz CT molecular complexity index is 440. The molecule has 0 spiro atoms. The fourth-order valence-electron chi connectivity index (χ4n) is 2.19. The van der Waals surface area contributed by atoms with Crippen LogP contribution in [0.5, 0.6) is 0 Å². The van der Waals surface area contributed by atoms with E-state index in [0.717, 1.165) is 16.6 Å². The van der Waals surface area contributed by atoms with Gasteiger partial charge in [0.1, 0.15) is 0 Å². The van der Waals surface area contributed by atoms with Crippen LogP contribution >= 0.6 is 15.9 Å². The summed E-state index contributed by atoms with van der Waals surface area (Å²) in [4.78, 5) is 14.7. The van der Waals surface area contributed by atoms with Crippen molar-refractivity contribution in [1.82, 2.24) is 4.90 Å². The molecule has 1 aromatic carbocycles. The lowest BCUT2D eigenvalue weighted by Gasteiger charge is -2.22. The van der Waals surface area contributed by atoms with E-state index < -0.39 is 0 Å². The average molecular weight is 324 g/mol. The Labute approximate surface area is 124 Å². The third-order valence-corrected chi connectivity index (χ3v) is 4.04. The number of ketones is 1. The Morgan fingerprint density at radius 2 is 2.16 bits per heavy atom. The number of carbonyl (C=O) groups excluding carboxylic acids is 1. The van der Waals surface area contributed by atoms with Crippen molar-refractivity contribution < 1.29 is 4.79 Å². The van der Waals surface area contributed by atoms with E-state index in [9.17, 15) is 4.79 Å². The zero-order valence-electron chi connectivity index (χ0n) is 11.7. The zero-order chi connectivity index (χ0) is 13.8. The molecule has 3 heteroatoms. The minimum absolute atomic E-state index is 0.233. The second-order valence-electron chi connectivity index (χ2n) is 5.82. The molecular weight excluding hydrogens is 302 g/mol. The Balaban J connectivity index is 1.95. The van der Waals surface area contributed by atoms with E-state index in [0.29, 0.717) is 18.5 Å². The van der Waals surface area contributed by atoms with Crippen LogP contribution in [0.2, 0.25) is 0 Å². The van der Waals surface area contributed by atoms with Gasteiger partial charge in [-0.25, -0.2) is 0 Å². The van der Waals surface area contributed by atoms with Crippen LogP contribution < -0.4 is 0 Å². The highest BCUT2D eigenvalue weighted by Crippen LogP contribution is 2.27. The highest BCUT2D eigenvalue weighted by Gasteiger charge is 2.30. The molecule has 0 radical (unpaired) electrons. The number of Topliss-reactive ketones (excluding diaryl/α,β-unsaturated/α-hetero) is 1. The number of carbonyl (C=O) groups is 1. The van der Waals surface area contributed by atoms with Crippen molar-refractivity contribution >= 4 is 21.7 Å². The minimum Gasteiger partial charge on any atom is -0.293 e. The fourth-order valence-corrected chi connectivity index (χ4v) is 2.59. The molecule has 1 aromatic rings. The lowest BCUT2D eigenvalue weighted by molar-refractivity contribution is 0.0920. The largest absolute Gasteiger partial charge is 0.293 e. The van der Waals surface area contributed by atoms with Crippen molar-refractivity contribution in [2.75, 3.05) is 13.1 Å². The van der Waals surface area contributed by atoms with E-state index >= 15 is 0 Å². The maximum atomic E-state index is 12.3. The fraction of sp³-hybridized carbons (Fsp3) is 0.562. The summed E-state index contributed by atoms with van der Waals surface area (Å²) in [5.74, 6) is 0.930. The highest BCUT2D eigenvalue weighted by molar-refractivity contribution is 9.10. The number of halogens is 1. The van der Waals surface area contributed by atoms with Crippen LogP contribution in [0.25, 0.3) is 0 Å². The van der Waals surface area contributed by atoms with Gasteiger partial charge in [0.25, 0.3) is 0 Å². The lowest BCUT2D eigenvalue weighted by atomic mass is 10.1. The van der Waals surface area contributed by atoms with Gasteiger partial charge in [0.2, 0.25) is 0 Å². The first-order valence-corrected chi connectivity index (χ1v) is 7.88. The molecule has 0 aromatic heterocycles. The smallest absolute Gasteiger partial charge is 0.176 e. The number of hydrogen-bond acceptors (Lipinski definition) is 2. The molecule has 0 unspecified atom stereocenters. The predicted molar refractivity (Wildman–Crippen MR) is 82.5 cm³/mol. The molecule has 2 rings (SSSR count). The summed E-state index contributed by atoms with van der Waals surface area (Å²) in [6, 6.07) is 8.34. The molecule has 0 amide bonds. The first-order valence-electron chi connectivity index (χ1n) is 7.09. The molecule has 104 valence electrons. The molecule has 0 heterocycles. The van der Waals surface area contributed by atoms with Crippen LogP contribution in [0.3, 0.4) is 0 Å². The summed E-state index contributed by atoms with van der Waals surface area (Å²) in [7, 11) is 0. The van der Waals surface area contributed by atoms with Gasteiger partial charge in [-0.2, -0.15) is 0 Å². The molecule has 0 atom stereocenters. The first kappa shape index (κ1) is 14.7. The van der Waals surface area contributed by atoms with E-state index in [1.54, 1.807) is 0 Å². The van der Waals surface area contributed by atoms with Crippen LogP contribution in [0.15, 0.2) is 28.7 Å². The molecule has 0 aliphatic heterocycles. The standard InChI is InChI=1S/C16H22BrNO/c1-12(2)8-9-18(15-6-7-15)11-16(19)13-4-3-5-14(17)10-13/h3-5,10,12,15H,6-9,11H2,1-2H3. The second kappa shape index (κ2) is 6.67. The maximum Gasteiger partial charge on any atom is 0.176 e. The van der Waals surface area contributed by atoms with Gasteiger partial charge in [-0.1, -0.05) is 41.9 Å². The molecular formula is C16H22BrNO. The molecule has 19 heavy (non-hydrogen) atoms. The topological polar surface area (TPSA) is 20.3 Å². The van der Waals surface area contributed by atoms with Gasteiger partial charge >= 0.3 is 0 Å². The molecule has 1 aliphatic rings. The summed E-state index contributed by atoms with van der Waals surface area (Å²) in [5.41, 5.74) is 0.810. The average Bonchev–Trinajstić information content (AvgIpc) is 3.18. The van der Waals surface area contributed by atoms with Gasteiger partial charge in [0.15, 0.2) is 5.78 Å². The first-order chi connectivity index (χ1) is 9.06. The Morgan fingerprint density at radius 3 is 2.74 bits per heavy atom. The Kier molecular flexibility index (Phi) is 5.17. The Hall–Kier alpha value is -0.670. The molecule has 1 fully saturated rings. The number of nitrogens with zero attached hydrogens (tertiary/aromatic N) is 1. The van der Waals surface area contributed by atoms with Crippen LogP contribution in [-0.4, -0.2) is 29.8 Å². The molecule has 1 aliphatic carbocycles. The summed E-state index contributed by atoms with van der Waals surface area (Å²) in [6.45, 7) is 6.08. The van der Waals surface area contributed by atoms with Crippen LogP contribution in [0.4, 0.5) is 0 Å². The van der Waals surface area contributed by atoms with E-state index in [1.165, 1.54) is 19.3 Å². The quantitative estimate of drug-likeness (QED) is 0.703. The number of hydrogen-bond donors (Lipinski definition) is 0. The van der Waals surface area contributed by atoms with Crippen molar-refractivity contribution in [1.29, 1.82) is 0 Å². The molecule has 1 saturated carbocycles. The van der Waals surface area contributed by atoms with Gasteiger partial charge in [-0.15, -0.1) is 0 Å². The van der Waals surface area contributed by atoms with E-state index in [1.807, 2.05) is 24.3 Å². The summed E-state index contributed by atoms with van der Waals surface area (Å²) in [6.07, 6.45) is 3.68. The van der Waals surface area contributed by atoms with Gasteiger partial charge in [-0.05, 0) is 43.9 Å². The molecule has 0 N–H and O–H groups in total. The number of rotatable bonds is 7. The summed E-state index contributed by atoms with van der Waals surface area (Å²) in [5, 5.41) is 0. The highest BCUT2D eigenvalue weighted by atomic mass is 79.9. The molecule has 0 bridgehead atoms. The van der Waals surface area contributed by atoms with E-state index in [4.69, 9.17) is 0 Å². The predicted octanol–water partition coefficient (Wildman–Crippen LogP) is 4.14. The van der Waals surface area contributed by atoms with Crippen molar-refractivity contribution in [3.8, 4) is 0 Å². The normalized spacial score (nSPS) is 15.2. The van der Waals surface area contributed by atoms with Gasteiger partial charge in [0, 0.05) is 16.1 Å². The van der Waals surface area contributed by atoms with Gasteiger partial charge in [0.05, 0.1) is 6.54 Å². The zero-order valence-corrected chi connectivity index (χ0v) is 13.3.